The van der Waals surface area contributed by atoms with Crippen molar-refractivity contribution >= 4 is 34.0 Å². The van der Waals surface area contributed by atoms with Gasteiger partial charge in [-0.15, -0.1) is 0 Å². The first-order valence-corrected chi connectivity index (χ1v) is 7.02. The van der Waals surface area contributed by atoms with Gasteiger partial charge in [-0.1, -0.05) is 0 Å². The predicted molar refractivity (Wildman–Crippen MR) is 79.3 cm³/mol. The summed E-state index contributed by atoms with van der Waals surface area (Å²) < 4.78 is 14.1. The number of aliphatic hydroxyl groups excluding tert-OH is 1. The SMILES string of the molecule is Nc1cc(I)c(F)cc1N1CCN(CCO)CC1. The maximum Gasteiger partial charge on any atom is 0.138 e. The first-order chi connectivity index (χ1) is 8.61. The zero-order valence-electron chi connectivity index (χ0n) is 10.1. The molecule has 0 unspecified atom stereocenters. The van der Waals surface area contributed by atoms with E-state index < -0.39 is 0 Å². The highest BCUT2D eigenvalue weighted by Crippen LogP contribution is 2.28. The van der Waals surface area contributed by atoms with Gasteiger partial charge in [0.05, 0.1) is 21.6 Å². The Hall–Kier alpha value is -0.600. The molecule has 18 heavy (non-hydrogen) atoms. The van der Waals surface area contributed by atoms with Gasteiger partial charge in [-0.2, -0.15) is 0 Å². The monoisotopic (exact) mass is 365 g/mol. The molecule has 4 nitrogen and oxygen atoms in total. The standard InChI is InChI=1S/C12H17FIN3O/c13-9-7-12(11(15)8-10(9)14)17-3-1-16(2-4-17)5-6-18/h7-8,18H,1-6,15H2. The second kappa shape index (κ2) is 6.03. The van der Waals surface area contributed by atoms with Crippen LogP contribution in [0.1, 0.15) is 0 Å². The van der Waals surface area contributed by atoms with E-state index in [2.05, 4.69) is 9.80 Å². The zero-order chi connectivity index (χ0) is 13.1. The summed E-state index contributed by atoms with van der Waals surface area (Å²) in [5, 5.41) is 8.89. The van der Waals surface area contributed by atoms with Gasteiger partial charge in [0.15, 0.2) is 0 Å². The topological polar surface area (TPSA) is 52.7 Å². The molecule has 0 aromatic heterocycles. The summed E-state index contributed by atoms with van der Waals surface area (Å²) in [4.78, 5) is 4.29. The van der Waals surface area contributed by atoms with Crippen molar-refractivity contribution in [1.29, 1.82) is 0 Å². The largest absolute Gasteiger partial charge is 0.397 e. The third kappa shape index (κ3) is 3.04. The van der Waals surface area contributed by atoms with Crippen molar-refractivity contribution in [2.45, 2.75) is 0 Å². The number of nitrogen functional groups attached to an aromatic ring is 1. The molecule has 100 valence electrons. The number of hydrogen-bond donors (Lipinski definition) is 2. The molecule has 1 aliphatic heterocycles. The van der Waals surface area contributed by atoms with Gasteiger partial charge in [-0.05, 0) is 28.7 Å². The molecule has 1 saturated heterocycles. The number of β-amino-alcohol motifs (C(OH)–C–C–N with tert-alkyl or cyclic N) is 1. The van der Waals surface area contributed by atoms with Crippen LogP contribution in [-0.4, -0.2) is 49.3 Å². The van der Waals surface area contributed by atoms with E-state index in [1.54, 1.807) is 6.07 Å². The van der Waals surface area contributed by atoms with Gasteiger partial charge in [-0.25, -0.2) is 4.39 Å². The number of piperazine rings is 1. The smallest absolute Gasteiger partial charge is 0.138 e. The summed E-state index contributed by atoms with van der Waals surface area (Å²) in [7, 11) is 0. The average Bonchev–Trinajstić information content (AvgIpc) is 2.35. The maximum absolute atomic E-state index is 13.6. The molecule has 0 amide bonds. The lowest BCUT2D eigenvalue weighted by molar-refractivity contribution is 0.189. The van der Waals surface area contributed by atoms with Crippen molar-refractivity contribution in [2.24, 2.45) is 0 Å². The molecule has 1 heterocycles. The molecule has 0 aliphatic carbocycles. The molecule has 0 spiro atoms. The van der Waals surface area contributed by atoms with Gasteiger partial charge in [0.25, 0.3) is 0 Å². The molecule has 2 rings (SSSR count). The van der Waals surface area contributed by atoms with Crippen LogP contribution in [0.2, 0.25) is 0 Å². The summed E-state index contributed by atoms with van der Waals surface area (Å²) in [6, 6.07) is 3.18. The van der Waals surface area contributed by atoms with Gasteiger partial charge >= 0.3 is 0 Å². The van der Waals surface area contributed by atoms with Gasteiger partial charge in [-0.3, -0.25) is 4.90 Å². The van der Waals surface area contributed by atoms with E-state index in [1.165, 1.54) is 6.07 Å². The summed E-state index contributed by atoms with van der Waals surface area (Å²) in [6.07, 6.45) is 0. The Labute approximate surface area is 120 Å². The van der Waals surface area contributed by atoms with Crippen LogP contribution < -0.4 is 10.6 Å². The van der Waals surface area contributed by atoms with Crippen LogP contribution in [0.4, 0.5) is 15.8 Å². The molecule has 1 aliphatic rings. The normalized spacial score (nSPS) is 17.2. The summed E-state index contributed by atoms with van der Waals surface area (Å²) in [5.41, 5.74) is 7.34. The molecule has 1 aromatic carbocycles. The van der Waals surface area contributed by atoms with Crippen molar-refractivity contribution in [3.63, 3.8) is 0 Å². The molecule has 0 atom stereocenters. The minimum atomic E-state index is -0.224. The lowest BCUT2D eigenvalue weighted by Gasteiger charge is -2.36. The maximum atomic E-state index is 13.6. The Morgan fingerprint density at radius 3 is 2.56 bits per heavy atom. The number of benzene rings is 1. The number of hydrogen-bond acceptors (Lipinski definition) is 4. The highest BCUT2D eigenvalue weighted by atomic mass is 127. The molecule has 0 bridgehead atoms. The Morgan fingerprint density at radius 2 is 1.94 bits per heavy atom. The van der Waals surface area contributed by atoms with Crippen molar-refractivity contribution in [3.05, 3.63) is 21.5 Å². The van der Waals surface area contributed by atoms with Crippen molar-refractivity contribution in [1.82, 2.24) is 4.90 Å². The quantitative estimate of drug-likeness (QED) is 0.623. The van der Waals surface area contributed by atoms with Crippen molar-refractivity contribution in [3.8, 4) is 0 Å². The Balaban J connectivity index is 2.07. The molecule has 1 aromatic rings. The van der Waals surface area contributed by atoms with E-state index in [4.69, 9.17) is 10.8 Å². The zero-order valence-corrected chi connectivity index (χ0v) is 12.2. The Kier molecular flexibility index (Phi) is 4.63. The van der Waals surface area contributed by atoms with Crippen LogP contribution in [0.3, 0.4) is 0 Å². The molecular weight excluding hydrogens is 348 g/mol. The third-order valence-electron chi connectivity index (χ3n) is 3.20. The van der Waals surface area contributed by atoms with Crippen LogP contribution in [0.15, 0.2) is 12.1 Å². The molecule has 0 saturated carbocycles. The fourth-order valence-corrected chi connectivity index (χ4v) is 2.67. The highest BCUT2D eigenvalue weighted by Gasteiger charge is 2.19. The number of halogens is 2. The summed E-state index contributed by atoms with van der Waals surface area (Å²) in [5.74, 6) is -0.224. The first-order valence-electron chi connectivity index (χ1n) is 5.94. The lowest BCUT2D eigenvalue weighted by atomic mass is 10.2. The summed E-state index contributed by atoms with van der Waals surface area (Å²) in [6.45, 7) is 4.24. The fourth-order valence-electron chi connectivity index (χ4n) is 2.18. The first kappa shape index (κ1) is 13.8. The molecule has 0 radical (unpaired) electrons. The number of nitrogens with two attached hydrogens (primary N) is 1. The van der Waals surface area contributed by atoms with E-state index >= 15 is 0 Å². The molecule has 6 heteroatoms. The minimum absolute atomic E-state index is 0.181. The average molecular weight is 365 g/mol. The van der Waals surface area contributed by atoms with Gasteiger partial charge < -0.3 is 15.7 Å². The van der Waals surface area contributed by atoms with Crippen molar-refractivity contribution < 1.29 is 9.50 Å². The summed E-state index contributed by atoms with van der Waals surface area (Å²) >= 11 is 1.94. The molecule has 1 fully saturated rings. The molecule has 3 N–H and O–H groups in total. The van der Waals surface area contributed by atoms with Crippen LogP contribution in [0, 0.1) is 9.39 Å². The van der Waals surface area contributed by atoms with E-state index in [-0.39, 0.29) is 12.4 Å². The van der Waals surface area contributed by atoms with E-state index in [0.717, 1.165) is 31.9 Å². The fraction of sp³-hybridized carbons (Fsp3) is 0.500. The second-order valence-corrected chi connectivity index (χ2v) is 5.54. The van der Waals surface area contributed by atoms with Crippen LogP contribution in [0.5, 0.6) is 0 Å². The predicted octanol–water partition coefficient (Wildman–Crippen LogP) is 1.13. The van der Waals surface area contributed by atoms with Crippen LogP contribution >= 0.6 is 22.6 Å². The minimum Gasteiger partial charge on any atom is -0.397 e. The Bertz CT molecular complexity index is 422. The van der Waals surface area contributed by atoms with E-state index in [0.29, 0.717) is 15.8 Å². The van der Waals surface area contributed by atoms with Gasteiger partial charge in [0.1, 0.15) is 5.82 Å². The van der Waals surface area contributed by atoms with Crippen LogP contribution in [-0.2, 0) is 0 Å². The van der Waals surface area contributed by atoms with Crippen LogP contribution in [0.25, 0.3) is 0 Å². The number of nitrogens with zero attached hydrogens (tertiary/aromatic N) is 2. The van der Waals surface area contributed by atoms with Crippen molar-refractivity contribution in [2.75, 3.05) is 50.0 Å². The number of rotatable bonds is 3. The number of anilines is 2. The Morgan fingerprint density at radius 1 is 1.28 bits per heavy atom. The van der Waals surface area contributed by atoms with Gasteiger partial charge in [0, 0.05) is 38.8 Å². The highest BCUT2D eigenvalue weighted by molar-refractivity contribution is 14.1. The van der Waals surface area contributed by atoms with E-state index in [1.807, 2.05) is 22.6 Å². The second-order valence-electron chi connectivity index (χ2n) is 4.38. The van der Waals surface area contributed by atoms with Gasteiger partial charge in [0.2, 0.25) is 0 Å². The van der Waals surface area contributed by atoms with E-state index in [9.17, 15) is 4.39 Å². The lowest BCUT2D eigenvalue weighted by Crippen LogP contribution is -2.47. The third-order valence-corrected chi connectivity index (χ3v) is 4.03. The molecular formula is C12H17FIN3O. The number of aliphatic hydroxyl groups is 1.